The van der Waals surface area contributed by atoms with Crippen molar-refractivity contribution in [1.82, 2.24) is 0 Å². The fourth-order valence-corrected chi connectivity index (χ4v) is 2.91. The lowest BCUT2D eigenvalue weighted by Gasteiger charge is -2.16. The predicted octanol–water partition coefficient (Wildman–Crippen LogP) is 6.71. The highest BCUT2D eigenvalue weighted by molar-refractivity contribution is 5.66. The highest BCUT2D eigenvalue weighted by Crippen LogP contribution is 2.19. The molecule has 0 bridgehead atoms. The molecule has 0 aromatic carbocycles. The van der Waals surface area contributed by atoms with E-state index in [0.717, 1.165) is 44.9 Å². The minimum Gasteiger partial charge on any atom is -0.481 e. The molecule has 0 aromatic heterocycles. The summed E-state index contributed by atoms with van der Waals surface area (Å²) in [5.74, 6) is 0.841. The van der Waals surface area contributed by atoms with E-state index in [9.17, 15) is 9.90 Å². The molecule has 0 heterocycles. The molecular weight excluding hydrogens is 348 g/mol. The Bertz CT molecular complexity index is 488. The molecule has 160 valence electrons. The van der Waals surface area contributed by atoms with Crippen molar-refractivity contribution in [2.75, 3.05) is 6.61 Å². The molecule has 0 aliphatic rings. The molecule has 2 N–H and O–H groups in total. The van der Waals surface area contributed by atoms with Crippen molar-refractivity contribution in [2.24, 2.45) is 17.8 Å². The van der Waals surface area contributed by atoms with E-state index in [4.69, 9.17) is 5.11 Å². The summed E-state index contributed by atoms with van der Waals surface area (Å²) < 4.78 is 0. The molecule has 0 amide bonds. The van der Waals surface area contributed by atoms with Crippen molar-refractivity contribution >= 4 is 5.97 Å². The first-order chi connectivity index (χ1) is 13.5. The van der Waals surface area contributed by atoms with E-state index in [1.54, 1.807) is 0 Å². The third kappa shape index (κ3) is 16.6. The maximum absolute atomic E-state index is 10.5. The summed E-state index contributed by atoms with van der Waals surface area (Å²) in [5, 5.41) is 18.0. The number of rotatable bonds is 17. The summed E-state index contributed by atoms with van der Waals surface area (Å²) in [4.78, 5) is 10.5. The van der Waals surface area contributed by atoms with E-state index in [2.05, 4.69) is 51.2 Å². The SMILES string of the molecule is CC/C=C\CC(C)C(C)C/C=C\C/C=C\C=C\C(CO)CCCCCC(=O)O. The molecule has 3 heteroatoms. The molecule has 0 saturated carbocycles. The predicted molar refractivity (Wildman–Crippen MR) is 120 cm³/mol. The Kier molecular flexibility index (Phi) is 17.7. The molecule has 0 aliphatic carbocycles. The molecule has 3 unspecified atom stereocenters. The van der Waals surface area contributed by atoms with Gasteiger partial charge >= 0.3 is 5.97 Å². The van der Waals surface area contributed by atoms with Crippen LogP contribution in [0.3, 0.4) is 0 Å². The number of unbranched alkanes of at least 4 members (excludes halogenated alkanes) is 2. The number of aliphatic hydroxyl groups is 1. The first-order valence-electron chi connectivity index (χ1n) is 11.0. The van der Waals surface area contributed by atoms with Crippen molar-refractivity contribution in [3.63, 3.8) is 0 Å². The van der Waals surface area contributed by atoms with Crippen LogP contribution in [0.4, 0.5) is 0 Å². The Morgan fingerprint density at radius 3 is 2.18 bits per heavy atom. The van der Waals surface area contributed by atoms with Crippen molar-refractivity contribution in [3.05, 3.63) is 48.6 Å². The Labute approximate surface area is 172 Å². The number of aliphatic hydroxyl groups excluding tert-OH is 1. The van der Waals surface area contributed by atoms with E-state index < -0.39 is 5.97 Å². The highest BCUT2D eigenvalue weighted by atomic mass is 16.4. The number of allylic oxidation sites excluding steroid dienone is 7. The first kappa shape index (κ1) is 26.4. The summed E-state index contributed by atoms with van der Waals surface area (Å²) in [6.45, 7) is 6.97. The normalized spacial score (nSPS) is 15.9. The minimum absolute atomic E-state index is 0.146. The summed E-state index contributed by atoms with van der Waals surface area (Å²) in [6.07, 6.45) is 25.4. The summed E-state index contributed by atoms with van der Waals surface area (Å²) in [6, 6.07) is 0. The average Bonchev–Trinajstić information content (AvgIpc) is 2.67. The molecule has 0 spiro atoms. The molecular formula is C25H42O3. The second-order valence-electron chi connectivity index (χ2n) is 7.76. The molecule has 28 heavy (non-hydrogen) atoms. The van der Waals surface area contributed by atoms with Gasteiger partial charge in [-0.25, -0.2) is 0 Å². The fourth-order valence-electron chi connectivity index (χ4n) is 2.91. The number of carboxylic acids is 1. The maximum atomic E-state index is 10.5. The van der Waals surface area contributed by atoms with E-state index in [1.807, 2.05) is 18.2 Å². The van der Waals surface area contributed by atoms with Gasteiger partial charge in [0.2, 0.25) is 0 Å². The summed E-state index contributed by atoms with van der Waals surface area (Å²) >= 11 is 0. The van der Waals surface area contributed by atoms with Gasteiger partial charge in [-0.2, -0.15) is 0 Å². The first-order valence-corrected chi connectivity index (χ1v) is 11.0. The molecule has 3 nitrogen and oxygen atoms in total. The van der Waals surface area contributed by atoms with Crippen LogP contribution >= 0.6 is 0 Å². The van der Waals surface area contributed by atoms with Crippen LogP contribution in [0.1, 0.15) is 78.6 Å². The van der Waals surface area contributed by atoms with Crippen LogP contribution < -0.4 is 0 Å². The van der Waals surface area contributed by atoms with Crippen LogP contribution in [-0.2, 0) is 4.79 Å². The highest BCUT2D eigenvalue weighted by Gasteiger charge is 2.08. The van der Waals surface area contributed by atoms with E-state index in [-0.39, 0.29) is 18.9 Å². The number of carbonyl (C=O) groups is 1. The van der Waals surface area contributed by atoms with E-state index in [0.29, 0.717) is 11.8 Å². The molecule has 0 radical (unpaired) electrons. The number of hydrogen-bond acceptors (Lipinski definition) is 2. The van der Waals surface area contributed by atoms with Gasteiger partial charge in [-0.1, -0.05) is 82.2 Å². The van der Waals surface area contributed by atoms with Crippen LogP contribution in [0.15, 0.2) is 48.6 Å². The summed E-state index contributed by atoms with van der Waals surface area (Å²) in [7, 11) is 0. The van der Waals surface area contributed by atoms with Crippen LogP contribution in [-0.4, -0.2) is 22.8 Å². The fraction of sp³-hybridized carbons (Fsp3) is 0.640. The van der Waals surface area contributed by atoms with E-state index >= 15 is 0 Å². The Morgan fingerprint density at radius 1 is 0.893 bits per heavy atom. The van der Waals surface area contributed by atoms with Gasteiger partial charge < -0.3 is 10.2 Å². The van der Waals surface area contributed by atoms with Crippen molar-refractivity contribution in [1.29, 1.82) is 0 Å². The quantitative estimate of drug-likeness (QED) is 0.165. The summed E-state index contributed by atoms with van der Waals surface area (Å²) in [5.41, 5.74) is 0. The molecule has 0 saturated heterocycles. The third-order valence-corrected chi connectivity index (χ3v) is 5.16. The lowest BCUT2D eigenvalue weighted by molar-refractivity contribution is -0.137. The van der Waals surface area contributed by atoms with Crippen LogP contribution in [0.5, 0.6) is 0 Å². The average molecular weight is 391 g/mol. The topological polar surface area (TPSA) is 57.5 Å². The second kappa shape index (κ2) is 18.7. The van der Waals surface area contributed by atoms with Gasteiger partial charge in [0, 0.05) is 18.9 Å². The van der Waals surface area contributed by atoms with Gasteiger partial charge in [0.1, 0.15) is 0 Å². The monoisotopic (exact) mass is 390 g/mol. The molecule has 3 atom stereocenters. The van der Waals surface area contributed by atoms with E-state index in [1.165, 1.54) is 6.42 Å². The molecule has 0 rings (SSSR count). The number of carboxylic acid groups (broad SMARTS) is 1. The Balaban J connectivity index is 3.93. The Hall–Kier alpha value is -1.61. The van der Waals surface area contributed by atoms with Gasteiger partial charge in [-0.3, -0.25) is 4.79 Å². The number of aliphatic carboxylic acids is 1. The lowest BCUT2D eigenvalue weighted by Crippen LogP contribution is -2.05. The number of hydrogen-bond donors (Lipinski definition) is 2. The van der Waals surface area contributed by atoms with Crippen molar-refractivity contribution in [2.45, 2.75) is 78.6 Å². The van der Waals surface area contributed by atoms with Gasteiger partial charge in [-0.05, 0) is 50.4 Å². The van der Waals surface area contributed by atoms with Crippen LogP contribution in [0.2, 0.25) is 0 Å². The zero-order valence-corrected chi connectivity index (χ0v) is 18.2. The van der Waals surface area contributed by atoms with Crippen molar-refractivity contribution < 1.29 is 15.0 Å². The maximum Gasteiger partial charge on any atom is 0.303 e. The van der Waals surface area contributed by atoms with Gasteiger partial charge in [-0.15, -0.1) is 0 Å². The molecule has 0 fully saturated rings. The lowest BCUT2D eigenvalue weighted by atomic mass is 9.90. The van der Waals surface area contributed by atoms with Gasteiger partial charge in [0.05, 0.1) is 0 Å². The molecule has 0 aliphatic heterocycles. The van der Waals surface area contributed by atoms with Crippen LogP contribution in [0, 0.1) is 17.8 Å². The van der Waals surface area contributed by atoms with Gasteiger partial charge in [0.15, 0.2) is 0 Å². The third-order valence-electron chi connectivity index (χ3n) is 5.16. The standard InChI is InChI=1S/C25H42O3/c1-4-5-11-16-22(2)23(3)17-12-8-6-7-9-13-18-24(21-26)19-14-10-15-20-25(27)28/h5,7-9,11-13,18,22-24,26H,4,6,10,14-17,19-21H2,1-3H3,(H,27,28)/b9-7-,11-5-,12-8-,18-13+. The van der Waals surface area contributed by atoms with Gasteiger partial charge in [0.25, 0.3) is 0 Å². The minimum atomic E-state index is -0.731. The zero-order chi connectivity index (χ0) is 21.0. The van der Waals surface area contributed by atoms with Crippen molar-refractivity contribution in [3.8, 4) is 0 Å². The van der Waals surface area contributed by atoms with Crippen LogP contribution in [0.25, 0.3) is 0 Å². The smallest absolute Gasteiger partial charge is 0.303 e. The second-order valence-corrected chi connectivity index (χ2v) is 7.76. The molecule has 0 aromatic rings. The Morgan fingerprint density at radius 2 is 1.57 bits per heavy atom. The zero-order valence-electron chi connectivity index (χ0n) is 18.2. The largest absolute Gasteiger partial charge is 0.481 e.